The molecule has 1 atom stereocenters. The van der Waals surface area contributed by atoms with Gasteiger partial charge in [-0.05, 0) is 36.8 Å². The smallest absolute Gasteiger partial charge is 0.331 e. The molecule has 178 valence electrons. The van der Waals surface area contributed by atoms with Crippen molar-refractivity contribution >= 4 is 21.7 Å². The Balaban J connectivity index is 1.60. The van der Waals surface area contributed by atoms with Crippen LogP contribution in [0.15, 0.2) is 53.4 Å². The molecular formula is C20H21F3N4O5S. The van der Waals surface area contributed by atoms with E-state index in [1.165, 1.54) is 23.1 Å². The van der Waals surface area contributed by atoms with E-state index in [0.29, 0.717) is 17.7 Å². The lowest BCUT2D eigenvalue weighted by molar-refractivity contribution is -0.384. The van der Waals surface area contributed by atoms with Crippen LogP contribution < -0.4 is 5.32 Å². The van der Waals surface area contributed by atoms with E-state index >= 15 is 0 Å². The number of carbonyl (C=O) groups excluding carboxylic acids is 1. The number of sulfonamides is 1. The van der Waals surface area contributed by atoms with Crippen LogP contribution in [0.3, 0.4) is 0 Å². The number of rotatable bonds is 5. The van der Waals surface area contributed by atoms with Crippen molar-refractivity contribution in [3.8, 4) is 0 Å². The average molecular weight is 486 g/mol. The third-order valence-corrected chi connectivity index (χ3v) is 7.18. The monoisotopic (exact) mass is 486 g/mol. The lowest BCUT2D eigenvalue weighted by Crippen LogP contribution is -2.53. The average Bonchev–Trinajstić information content (AvgIpc) is 2.78. The molecule has 1 unspecified atom stereocenters. The quantitative estimate of drug-likeness (QED) is 0.514. The van der Waals surface area contributed by atoms with Crippen LogP contribution in [0.2, 0.25) is 0 Å². The topological polar surface area (TPSA) is 113 Å². The van der Waals surface area contributed by atoms with Gasteiger partial charge in [0.15, 0.2) is 0 Å². The largest absolute Gasteiger partial charge is 0.416 e. The maximum absolute atomic E-state index is 12.7. The molecule has 3 rings (SSSR count). The molecule has 1 fully saturated rings. The van der Waals surface area contributed by atoms with E-state index in [1.807, 2.05) is 0 Å². The van der Waals surface area contributed by atoms with Crippen molar-refractivity contribution in [1.82, 2.24) is 14.5 Å². The maximum Gasteiger partial charge on any atom is 0.416 e. The van der Waals surface area contributed by atoms with Crippen LogP contribution >= 0.6 is 0 Å². The molecule has 0 saturated carbocycles. The molecule has 2 aromatic carbocycles. The molecule has 1 aliphatic heterocycles. The highest BCUT2D eigenvalue weighted by molar-refractivity contribution is 7.89. The van der Waals surface area contributed by atoms with Crippen LogP contribution in [-0.4, -0.2) is 54.8 Å². The Morgan fingerprint density at radius 1 is 1.09 bits per heavy atom. The number of nitro benzene ring substituents is 1. The molecule has 2 aromatic rings. The number of nitrogens with one attached hydrogen (secondary N) is 1. The molecule has 13 heteroatoms. The van der Waals surface area contributed by atoms with Gasteiger partial charge in [-0.1, -0.05) is 12.1 Å². The van der Waals surface area contributed by atoms with E-state index in [-0.39, 0.29) is 36.8 Å². The van der Waals surface area contributed by atoms with E-state index in [4.69, 9.17) is 0 Å². The summed E-state index contributed by atoms with van der Waals surface area (Å²) >= 11 is 0. The fraction of sp³-hybridized carbons (Fsp3) is 0.350. The number of halogens is 3. The van der Waals surface area contributed by atoms with Crippen LogP contribution in [0.4, 0.5) is 23.7 Å². The first-order valence-corrected chi connectivity index (χ1v) is 11.3. The van der Waals surface area contributed by atoms with Gasteiger partial charge in [0.05, 0.1) is 21.4 Å². The van der Waals surface area contributed by atoms with Crippen LogP contribution in [0.1, 0.15) is 24.1 Å². The van der Waals surface area contributed by atoms with Gasteiger partial charge in [0.2, 0.25) is 10.0 Å². The zero-order valence-electron chi connectivity index (χ0n) is 17.4. The highest BCUT2D eigenvalue weighted by atomic mass is 32.2. The second kappa shape index (κ2) is 9.35. The van der Waals surface area contributed by atoms with E-state index in [9.17, 15) is 36.5 Å². The molecule has 0 aliphatic carbocycles. The number of carbonyl (C=O) groups is 1. The summed E-state index contributed by atoms with van der Waals surface area (Å²) in [5.74, 6) is 0. The van der Waals surface area contributed by atoms with Gasteiger partial charge in [0, 0.05) is 38.3 Å². The van der Waals surface area contributed by atoms with Crippen molar-refractivity contribution in [3.63, 3.8) is 0 Å². The summed E-state index contributed by atoms with van der Waals surface area (Å²) in [5.41, 5.74) is -0.502. The van der Waals surface area contributed by atoms with Crippen molar-refractivity contribution in [2.45, 2.75) is 24.0 Å². The predicted molar refractivity (Wildman–Crippen MR) is 112 cm³/mol. The molecule has 1 saturated heterocycles. The molecule has 1 aliphatic rings. The number of nitro groups is 1. The van der Waals surface area contributed by atoms with Gasteiger partial charge in [-0.15, -0.1) is 0 Å². The number of alkyl halides is 3. The molecule has 0 spiro atoms. The highest BCUT2D eigenvalue weighted by Gasteiger charge is 2.33. The molecule has 33 heavy (non-hydrogen) atoms. The van der Waals surface area contributed by atoms with Gasteiger partial charge in [-0.25, -0.2) is 13.2 Å². The second-order valence-electron chi connectivity index (χ2n) is 7.44. The van der Waals surface area contributed by atoms with E-state index in [2.05, 4.69) is 5.32 Å². The van der Waals surface area contributed by atoms with E-state index in [1.54, 1.807) is 13.0 Å². The molecule has 1 N–H and O–H groups in total. The zero-order valence-corrected chi connectivity index (χ0v) is 18.3. The number of hydrogen-bond donors (Lipinski definition) is 1. The Labute approximate surface area is 188 Å². The number of non-ortho nitro benzene ring substituents is 1. The SMILES string of the molecule is CC(NC(=O)N1CCN(S(=O)(=O)c2ccc(C(F)(F)F)cc2)CC1)c1cccc([N+](=O)[O-])c1. The molecule has 9 nitrogen and oxygen atoms in total. The normalized spacial score (nSPS) is 16.3. The van der Waals surface area contributed by atoms with Crippen LogP contribution in [0.25, 0.3) is 0 Å². The second-order valence-corrected chi connectivity index (χ2v) is 9.37. The van der Waals surface area contributed by atoms with Gasteiger partial charge in [-0.3, -0.25) is 10.1 Å². The highest BCUT2D eigenvalue weighted by Crippen LogP contribution is 2.30. The van der Waals surface area contributed by atoms with E-state index in [0.717, 1.165) is 16.4 Å². The molecule has 2 amide bonds. The van der Waals surface area contributed by atoms with Crippen LogP contribution in [-0.2, 0) is 16.2 Å². The number of nitrogens with zero attached hydrogens (tertiary/aromatic N) is 3. The number of amides is 2. The third kappa shape index (κ3) is 5.60. The van der Waals surface area contributed by atoms with Gasteiger partial charge in [0.25, 0.3) is 5.69 Å². The van der Waals surface area contributed by atoms with Crippen molar-refractivity contribution in [2.75, 3.05) is 26.2 Å². The Bertz CT molecular complexity index is 1130. The predicted octanol–water partition coefficient (Wildman–Crippen LogP) is 3.39. The number of hydrogen-bond acceptors (Lipinski definition) is 5. The lowest BCUT2D eigenvalue weighted by atomic mass is 10.1. The number of benzene rings is 2. The fourth-order valence-electron chi connectivity index (χ4n) is 3.36. The standard InChI is InChI=1S/C20H21F3N4O5S/c1-14(15-3-2-4-17(13-15)27(29)30)24-19(28)25-9-11-26(12-10-25)33(31,32)18-7-5-16(6-8-18)20(21,22)23/h2-8,13-14H,9-12H2,1H3,(H,24,28). The first kappa shape index (κ1) is 24.5. The Kier molecular flexibility index (Phi) is 6.93. The summed E-state index contributed by atoms with van der Waals surface area (Å²) < 4.78 is 64.7. The minimum atomic E-state index is -4.57. The van der Waals surface area contributed by atoms with Crippen LogP contribution in [0.5, 0.6) is 0 Å². The summed E-state index contributed by atoms with van der Waals surface area (Å²) in [6.07, 6.45) is -4.57. The first-order chi connectivity index (χ1) is 15.4. The van der Waals surface area contributed by atoms with Crippen molar-refractivity contribution in [3.05, 3.63) is 69.8 Å². The molecule has 0 radical (unpaired) electrons. The van der Waals surface area contributed by atoms with Gasteiger partial charge >= 0.3 is 12.2 Å². The molecule has 0 bridgehead atoms. The van der Waals surface area contributed by atoms with Crippen molar-refractivity contribution in [1.29, 1.82) is 0 Å². The maximum atomic E-state index is 12.7. The Morgan fingerprint density at radius 2 is 1.70 bits per heavy atom. The van der Waals surface area contributed by atoms with E-state index < -0.39 is 38.8 Å². The zero-order chi connectivity index (χ0) is 24.4. The minimum absolute atomic E-state index is 0.0258. The van der Waals surface area contributed by atoms with Crippen molar-refractivity contribution < 1.29 is 31.3 Å². The summed E-state index contributed by atoms with van der Waals surface area (Å²) in [5, 5.41) is 13.7. The molecule has 1 heterocycles. The first-order valence-electron chi connectivity index (χ1n) is 9.87. The number of piperazine rings is 1. The van der Waals surface area contributed by atoms with Crippen molar-refractivity contribution in [2.24, 2.45) is 0 Å². The number of urea groups is 1. The molecule has 0 aromatic heterocycles. The van der Waals surface area contributed by atoms with Gasteiger partial charge < -0.3 is 10.2 Å². The molecular weight excluding hydrogens is 465 g/mol. The third-order valence-electron chi connectivity index (χ3n) is 5.27. The summed E-state index contributed by atoms with van der Waals surface area (Å²) in [7, 11) is -4.01. The lowest BCUT2D eigenvalue weighted by Gasteiger charge is -2.34. The minimum Gasteiger partial charge on any atom is -0.331 e. The Morgan fingerprint density at radius 3 is 2.24 bits per heavy atom. The summed E-state index contributed by atoms with van der Waals surface area (Å²) in [4.78, 5) is 24.1. The van der Waals surface area contributed by atoms with Gasteiger partial charge in [0.1, 0.15) is 0 Å². The summed E-state index contributed by atoms with van der Waals surface area (Å²) in [6.45, 7) is 1.77. The van der Waals surface area contributed by atoms with Gasteiger partial charge in [-0.2, -0.15) is 17.5 Å². The summed E-state index contributed by atoms with van der Waals surface area (Å²) in [6, 6.07) is 8.14. The van der Waals surface area contributed by atoms with Crippen LogP contribution in [0, 0.1) is 10.1 Å². The Hall–Kier alpha value is -3.19. The fourth-order valence-corrected chi connectivity index (χ4v) is 4.79.